The summed E-state index contributed by atoms with van der Waals surface area (Å²) in [5.74, 6) is 2.26. The number of alkyl halides is 1. The van der Waals surface area contributed by atoms with Crippen LogP contribution in [0.25, 0.3) is 0 Å². The highest BCUT2D eigenvalue weighted by molar-refractivity contribution is 9.11. The molecule has 0 radical (unpaired) electrons. The van der Waals surface area contributed by atoms with Crippen LogP contribution in [0.5, 0.6) is 0 Å². The minimum atomic E-state index is 0.0168. The van der Waals surface area contributed by atoms with Crippen molar-refractivity contribution in [1.29, 1.82) is 0 Å². The van der Waals surface area contributed by atoms with Gasteiger partial charge in [-0.25, -0.2) is 0 Å². The van der Waals surface area contributed by atoms with Crippen LogP contribution in [0, 0.1) is 11.8 Å². The van der Waals surface area contributed by atoms with Gasteiger partial charge in [-0.1, -0.05) is 35.2 Å². The Morgan fingerprint density at radius 3 is 2.67 bits per heavy atom. The summed E-state index contributed by atoms with van der Waals surface area (Å²) in [4.78, 5) is 14.9. The normalized spacial score (nSPS) is 40.4. The molecule has 2 aliphatic carbocycles. The lowest BCUT2D eigenvalue weighted by Crippen LogP contribution is -2.51. The van der Waals surface area contributed by atoms with E-state index in [-0.39, 0.29) is 17.6 Å². The Balaban J connectivity index is 1.82. The van der Waals surface area contributed by atoms with Crippen molar-refractivity contribution in [2.75, 3.05) is 0 Å². The Morgan fingerprint density at radius 1 is 1.33 bits per heavy atom. The van der Waals surface area contributed by atoms with Gasteiger partial charge >= 0.3 is 0 Å². The van der Waals surface area contributed by atoms with Gasteiger partial charge in [0.05, 0.1) is 4.83 Å². The highest BCUT2D eigenvalue weighted by atomic mass is 79.9. The third-order valence-electron chi connectivity index (χ3n) is 5.94. The number of rotatable bonds is 0. The summed E-state index contributed by atoms with van der Waals surface area (Å²) in [7, 11) is 0. The molecule has 21 heavy (non-hydrogen) atoms. The van der Waals surface area contributed by atoms with Gasteiger partial charge in [0.25, 0.3) is 0 Å². The molecule has 2 bridgehead atoms. The van der Waals surface area contributed by atoms with E-state index in [9.17, 15) is 4.79 Å². The predicted molar refractivity (Wildman–Crippen MR) is 88.1 cm³/mol. The molecule has 4 unspecified atom stereocenters. The molecule has 1 saturated heterocycles. The van der Waals surface area contributed by atoms with Crippen molar-refractivity contribution in [3.63, 3.8) is 0 Å². The third kappa shape index (κ3) is 1.99. The summed E-state index contributed by atoms with van der Waals surface area (Å²) < 4.78 is 7.06. The fourth-order valence-corrected chi connectivity index (χ4v) is 7.16. The number of ether oxygens (including phenoxy) is 1. The van der Waals surface area contributed by atoms with Gasteiger partial charge in [-0.15, -0.1) is 0 Å². The summed E-state index contributed by atoms with van der Waals surface area (Å²) in [6, 6.07) is 0. The lowest BCUT2D eigenvalue weighted by atomic mass is 9.73. The molecule has 116 valence electrons. The van der Waals surface area contributed by atoms with Crippen molar-refractivity contribution in [1.82, 2.24) is 4.90 Å². The third-order valence-corrected chi connectivity index (χ3v) is 7.84. The van der Waals surface area contributed by atoms with Crippen molar-refractivity contribution >= 4 is 37.8 Å². The van der Waals surface area contributed by atoms with Crippen molar-refractivity contribution in [2.45, 2.75) is 68.3 Å². The Bertz CT molecular complexity index is 512. The number of fused-ring (bicyclic) bond motifs is 1. The molecular formula is C16H21Br2NO2. The second-order valence-corrected chi connectivity index (χ2v) is 8.93. The molecule has 2 saturated carbocycles. The molecule has 1 spiro atoms. The summed E-state index contributed by atoms with van der Waals surface area (Å²) in [6.07, 6.45) is 8.60. The second-order valence-electron chi connectivity index (χ2n) is 7.12. The number of halogens is 2. The molecule has 3 nitrogen and oxygen atoms in total. The van der Waals surface area contributed by atoms with Gasteiger partial charge in [0.15, 0.2) is 0 Å². The van der Waals surface area contributed by atoms with Crippen LogP contribution in [0.4, 0.5) is 0 Å². The molecule has 5 heteroatoms. The van der Waals surface area contributed by atoms with E-state index in [1.54, 1.807) is 6.92 Å². The molecule has 0 N–H and O–H groups in total. The quantitative estimate of drug-likeness (QED) is 0.433. The van der Waals surface area contributed by atoms with Crippen LogP contribution in [0.3, 0.4) is 0 Å². The van der Waals surface area contributed by atoms with E-state index in [4.69, 9.17) is 4.74 Å². The van der Waals surface area contributed by atoms with Gasteiger partial charge in [-0.3, -0.25) is 9.69 Å². The van der Waals surface area contributed by atoms with E-state index in [2.05, 4.69) is 31.9 Å². The number of nitrogens with zero attached hydrogens (tertiary/aromatic N) is 1. The minimum absolute atomic E-state index is 0.0168. The van der Waals surface area contributed by atoms with E-state index in [0.717, 1.165) is 36.0 Å². The highest BCUT2D eigenvalue weighted by Crippen LogP contribution is 2.59. The van der Waals surface area contributed by atoms with Crippen LogP contribution in [-0.2, 0) is 9.53 Å². The Labute approximate surface area is 142 Å². The predicted octanol–water partition coefficient (Wildman–Crippen LogP) is 4.30. The van der Waals surface area contributed by atoms with Gasteiger partial charge in [0.1, 0.15) is 16.5 Å². The summed E-state index contributed by atoms with van der Waals surface area (Å²) in [5, 5.41) is 0. The first-order valence-corrected chi connectivity index (χ1v) is 9.75. The Hall–Kier alpha value is -0.0300. The van der Waals surface area contributed by atoms with Crippen molar-refractivity contribution in [3.8, 4) is 0 Å². The van der Waals surface area contributed by atoms with Crippen LogP contribution in [0.1, 0.15) is 51.9 Å². The number of carbonyl (C=O) groups is 1. The fraction of sp³-hybridized carbons (Fsp3) is 0.812. The van der Waals surface area contributed by atoms with E-state index in [1.165, 1.54) is 19.3 Å². The maximum atomic E-state index is 12.4. The number of allylic oxidation sites excluding steroid dienone is 1. The molecule has 4 atom stereocenters. The number of hydrogen-bond donors (Lipinski definition) is 0. The van der Waals surface area contributed by atoms with Crippen molar-refractivity contribution in [2.24, 2.45) is 11.8 Å². The average Bonchev–Trinajstić information content (AvgIpc) is 2.89. The molecule has 4 aliphatic rings. The van der Waals surface area contributed by atoms with Crippen LogP contribution in [-0.4, -0.2) is 27.3 Å². The SMILES string of the molecule is CC(=O)N1C(Br)=C2OC3CC(CC14CCCCC4)C2C3Br. The average molecular weight is 419 g/mol. The Kier molecular flexibility index (Phi) is 3.45. The number of amides is 1. The zero-order valence-electron chi connectivity index (χ0n) is 12.3. The highest BCUT2D eigenvalue weighted by Gasteiger charge is 2.59. The van der Waals surface area contributed by atoms with Crippen LogP contribution in [0.2, 0.25) is 0 Å². The maximum Gasteiger partial charge on any atom is 0.224 e. The summed E-state index contributed by atoms with van der Waals surface area (Å²) in [5.41, 5.74) is 0.0168. The first-order valence-electron chi connectivity index (χ1n) is 8.05. The minimum Gasteiger partial charge on any atom is -0.490 e. The Morgan fingerprint density at radius 2 is 2.05 bits per heavy atom. The molecule has 2 heterocycles. The summed E-state index contributed by atoms with van der Waals surface area (Å²) >= 11 is 7.57. The molecule has 0 aromatic carbocycles. The maximum absolute atomic E-state index is 12.4. The second kappa shape index (κ2) is 4.98. The van der Waals surface area contributed by atoms with Gasteiger partial charge in [-0.05, 0) is 47.5 Å². The van der Waals surface area contributed by atoms with Gasteiger partial charge < -0.3 is 4.74 Å². The summed E-state index contributed by atoms with van der Waals surface area (Å²) in [6.45, 7) is 1.70. The van der Waals surface area contributed by atoms with Crippen LogP contribution >= 0.6 is 31.9 Å². The zero-order chi connectivity index (χ0) is 14.8. The fourth-order valence-electron chi connectivity index (χ4n) is 5.18. The van der Waals surface area contributed by atoms with E-state index < -0.39 is 0 Å². The zero-order valence-corrected chi connectivity index (χ0v) is 15.5. The molecule has 3 fully saturated rings. The largest absolute Gasteiger partial charge is 0.490 e. The number of carbonyl (C=O) groups excluding carboxylic acids is 1. The van der Waals surface area contributed by atoms with E-state index in [0.29, 0.717) is 16.7 Å². The van der Waals surface area contributed by atoms with Crippen LogP contribution < -0.4 is 0 Å². The monoisotopic (exact) mass is 417 g/mol. The van der Waals surface area contributed by atoms with Crippen LogP contribution in [0.15, 0.2) is 10.4 Å². The molecule has 0 aromatic heterocycles. The molecule has 1 amide bonds. The first-order chi connectivity index (χ1) is 10.0. The molecule has 2 aliphatic heterocycles. The van der Waals surface area contributed by atoms with E-state index in [1.807, 2.05) is 4.90 Å². The smallest absolute Gasteiger partial charge is 0.224 e. The van der Waals surface area contributed by atoms with Crippen molar-refractivity contribution < 1.29 is 9.53 Å². The van der Waals surface area contributed by atoms with Gasteiger partial charge in [0.2, 0.25) is 5.91 Å². The van der Waals surface area contributed by atoms with Gasteiger partial charge in [0, 0.05) is 18.4 Å². The standard InChI is InChI=1S/C16H21Br2NO2/c1-9(20)19-15(18)14-12-10(7-11(21-14)13(12)17)8-16(19)5-3-2-4-6-16/h10-13H,2-8H2,1H3. The molecule has 0 aromatic rings. The van der Waals surface area contributed by atoms with Crippen molar-refractivity contribution in [3.05, 3.63) is 10.4 Å². The lowest BCUT2D eigenvalue weighted by Gasteiger charge is -2.46. The first kappa shape index (κ1) is 14.6. The van der Waals surface area contributed by atoms with E-state index >= 15 is 0 Å². The molecule has 4 rings (SSSR count). The molecular weight excluding hydrogens is 398 g/mol. The lowest BCUT2D eigenvalue weighted by molar-refractivity contribution is -0.133. The topological polar surface area (TPSA) is 29.5 Å². The number of hydrogen-bond acceptors (Lipinski definition) is 2. The van der Waals surface area contributed by atoms with Gasteiger partial charge in [-0.2, -0.15) is 0 Å².